The van der Waals surface area contributed by atoms with Gasteiger partial charge in [-0.15, -0.1) is 0 Å². The van der Waals surface area contributed by atoms with Crippen LogP contribution in [-0.4, -0.2) is 158 Å². The van der Waals surface area contributed by atoms with Gasteiger partial charge in [-0.25, -0.2) is 0 Å². The number of hydrogen-bond acceptors (Lipinski definition) is 13. The maximum atomic E-state index is 6.52. The van der Waals surface area contributed by atoms with Crippen molar-refractivity contribution in [1.29, 1.82) is 0 Å². The van der Waals surface area contributed by atoms with Gasteiger partial charge in [0.05, 0.1) is 26.4 Å². The van der Waals surface area contributed by atoms with Gasteiger partial charge in [0, 0.05) is 64.0 Å². The molecule has 0 radical (unpaired) electrons. The lowest BCUT2D eigenvalue weighted by atomic mass is 9.96. The predicted molar refractivity (Wildman–Crippen MR) is 129 cm³/mol. The Kier molecular flexibility index (Phi) is 15.2. The van der Waals surface area contributed by atoms with Crippen molar-refractivity contribution in [2.75, 3.05) is 90.4 Å². The molecule has 2 aliphatic rings. The molecule has 0 aromatic heterocycles. The first-order valence-electron chi connectivity index (χ1n) is 12.2. The van der Waals surface area contributed by atoms with Crippen molar-refractivity contribution in [3.63, 3.8) is 0 Å². The Bertz CT molecular complexity index is 599. The normalized spacial score (nSPS) is 37.5. The number of rotatable bonds is 17. The van der Waals surface area contributed by atoms with E-state index in [0.717, 1.165) is 0 Å². The first-order valence-corrected chi connectivity index (χ1v) is 12.2. The zero-order chi connectivity index (χ0) is 27.4. The Labute approximate surface area is 220 Å². The number of hydrogen-bond donors (Lipinski definition) is 0. The minimum absolute atomic E-state index is 0.201. The van der Waals surface area contributed by atoms with Crippen molar-refractivity contribution in [2.24, 2.45) is 0 Å². The van der Waals surface area contributed by atoms with E-state index in [0.29, 0.717) is 6.61 Å². The molecule has 0 bridgehead atoms. The zero-order valence-electron chi connectivity index (χ0n) is 23.5. The highest BCUT2D eigenvalue weighted by atomic mass is 16.8. The first kappa shape index (κ1) is 32.7. The molecule has 2 fully saturated rings. The van der Waals surface area contributed by atoms with Crippen LogP contribution in [0.4, 0.5) is 0 Å². The lowest BCUT2D eigenvalue weighted by Crippen LogP contribution is -2.66. The maximum Gasteiger partial charge on any atom is 0.187 e. The molecule has 2 heterocycles. The summed E-state index contributed by atoms with van der Waals surface area (Å²) in [7, 11) is 14.2. The lowest BCUT2D eigenvalue weighted by Gasteiger charge is -2.49. The standard InChI is InChI=1S/C24H46O13/c1-25-10-14(28-4)11-34-23-21(32-8)20(31-7)18(16(35-23)13-27-3)37-24-22(33-9)19(30-6)17(29-5)15(36-24)12-26-2/h14-24H,10-13H2,1-9H3/t14-,15-,16-,17+,18+,19+,20+,21-,22-,23+,24+/m1/s1. The second-order valence-corrected chi connectivity index (χ2v) is 8.75. The van der Waals surface area contributed by atoms with Crippen molar-refractivity contribution in [2.45, 2.75) is 67.5 Å². The molecule has 0 aromatic carbocycles. The molecule has 0 saturated carbocycles. The van der Waals surface area contributed by atoms with Gasteiger partial charge >= 0.3 is 0 Å². The van der Waals surface area contributed by atoms with Crippen molar-refractivity contribution in [3.8, 4) is 0 Å². The van der Waals surface area contributed by atoms with E-state index in [4.69, 9.17) is 61.6 Å². The van der Waals surface area contributed by atoms with E-state index in [-0.39, 0.29) is 25.9 Å². The summed E-state index contributed by atoms with van der Waals surface area (Å²) >= 11 is 0. The molecular formula is C24H46O13. The summed E-state index contributed by atoms with van der Waals surface area (Å²) in [6.07, 6.45) is -6.41. The fraction of sp³-hybridized carbons (Fsp3) is 1.00. The molecule has 0 spiro atoms. The van der Waals surface area contributed by atoms with E-state index in [9.17, 15) is 0 Å². The largest absolute Gasteiger partial charge is 0.382 e. The number of methoxy groups -OCH3 is 9. The van der Waals surface area contributed by atoms with Crippen molar-refractivity contribution >= 4 is 0 Å². The molecule has 11 atom stereocenters. The van der Waals surface area contributed by atoms with Gasteiger partial charge in [0.25, 0.3) is 0 Å². The van der Waals surface area contributed by atoms with Crippen molar-refractivity contribution in [3.05, 3.63) is 0 Å². The molecule has 220 valence electrons. The van der Waals surface area contributed by atoms with Crippen LogP contribution in [0.3, 0.4) is 0 Å². The SMILES string of the molecule is COC[C@H](CO[C@H]1O[C@H](COC)[C@H](O[C@@H]2O[C@H](COC)[C@H](OC)[C@H](OC)[C@H]2OC)[C@H](OC)[C@H]1OC)OC. The second kappa shape index (κ2) is 17.2. The zero-order valence-corrected chi connectivity index (χ0v) is 23.5. The molecule has 0 aliphatic carbocycles. The summed E-state index contributed by atoms with van der Waals surface area (Å²) in [4.78, 5) is 0. The molecule has 2 aliphatic heterocycles. The molecule has 13 heteroatoms. The maximum absolute atomic E-state index is 6.52. The molecule has 0 unspecified atom stereocenters. The van der Waals surface area contributed by atoms with E-state index < -0.39 is 61.4 Å². The average Bonchev–Trinajstić information content (AvgIpc) is 2.91. The summed E-state index contributed by atoms with van der Waals surface area (Å²) in [5.41, 5.74) is 0. The summed E-state index contributed by atoms with van der Waals surface area (Å²) in [6, 6.07) is 0. The fourth-order valence-corrected chi connectivity index (χ4v) is 4.81. The Hall–Kier alpha value is -0.520. The van der Waals surface area contributed by atoms with E-state index in [2.05, 4.69) is 0 Å². The van der Waals surface area contributed by atoms with Gasteiger partial charge < -0.3 is 61.6 Å². The van der Waals surface area contributed by atoms with Crippen molar-refractivity contribution in [1.82, 2.24) is 0 Å². The van der Waals surface area contributed by atoms with Crippen LogP contribution in [0.1, 0.15) is 0 Å². The van der Waals surface area contributed by atoms with Crippen LogP contribution in [0.2, 0.25) is 0 Å². The third-order valence-electron chi connectivity index (χ3n) is 6.63. The predicted octanol–water partition coefficient (Wildman–Crippen LogP) is -0.133. The molecule has 13 nitrogen and oxygen atoms in total. The van der Waals surface area contributed by atoms with Crippen LogP contribution in [0, 0.1) is 0 Å². The first-order chi connectivity index (χ1) is 18.0. The fourth-order valence-electron chi connectivity index (χ4n) is 4.81. The van der Waals surface area contributed by atoms with E-state index in [1.165, 1.54) is 0 Å². The second-order valence-electron chi connectivity index (χ2n) is 8.75. The molecule has 2 rings (SSSR count). The van der Waals surface area contributed by atoms with Crippen LogP contribution in [0.15, 0.2) is 0 Å². The molecule has 37 heavy (non-hydrogen) atoms. The van der Waals surface area contributed by atoms with Crippen molar-refractivity contribution < 1.29 is 61.6 Å². The smallest absolute Gasteiger partial charge is 0.187 e. The van der Waals surface area contributed by atoms with Gasteiger partial charge in [0.1, 0.15) is 54.9 Å². The van der Waals surface area contributed by atoms with Crippen LogP contribution in [0.5, 0.6) is 0 Å². The molecule has 0 N–H and O–H groups in total. The highest BCUT2D eigenvalue weighted by molar-refractivity contribution is 4.96. The minimum atomic E-state index is -0.860. The van der Waals surface area contributed by atoms with Gasteiger partial charge in [-0.3, -0.25) is 0 Å². The van der Waals surface area contributed by atoms with Gasteiger partial charge in [-0.2, -0.15) is 0 Å². The monoisotopic (exact) mass is 542 g/mol. The number of ether oxygens (including phenoxy) is 13. The third-order valence-corrected chi connectivity index (χ3v) is 6.63. The van der Waals surface area contributed by atoms with E-state index in [1.807, 2.05) is 0 Å². The Morgan fingerprint density at radius 2 is 1.00 bits per heavy atom. The third kappa shape index (κ3) is 8.24. The lowest BCUT2D eigenvalue weighted by molar-refractivity contribution is -0.368. The Morgan fingerprint density at radius 1 is 0.514 bits per heavy atom. The highest BCUT2D eigenvalue weighted by Gasteiger charge is 2.53. The average molecular weight is 543 g/mol. The molecular weight excluding hydrogens is 496 g/mol. The summed E-state index contributed by atoms with van der Waals surface area (Å²) in [5, 5.41) is 0. The van der Waals surface area contributed by atoms with Gasteiger partial charge in [0.2, 0.25) is 0 Å². The van der Waals surface area contributed by atoms with Crippen LogP contribution in [0.25, 0.3) is 0 Å². The Balaban J connectivity index is 2.29. The van der Waals surface area contributed by atoms with Crippen LogP contribution in [-0.2, 0) is 61.6 Å². The summed E-state index contributed by atoms with van der Waals surface area (Å²) in [6.45, 7) is 1.06. The van der Waals surface area contributed by atoms with Gasteiger partial charge in [-0.05, 0) is 0 Å². The van der Waals surface area contributed by atoms with Crippen LogP contribution >= 0.6 is 0 Å². The quantitative estimate of drug-likeness (QED) is 0.243. The molecule has 0 aromatic rings. The van der Waals surface area contributed by atoms with Gasteiger partial charge in [0.15, 0.2) is 12.6 Å². The van der Waals surface area contributed by atoms with E-state index >= 15 is 0 Å². The summed E-state index contributed by atoms with van der Waals surface area (Å²) in [5.74, 6) is 0. The summed E-state index contributed by atoms with van der Waals surface area (Å²) < 4.78 is 75.3. The molecule has 2 saturated heterocycles. The Morgan fingerprint density at radius 3 is 1.49 bits per heavy atom. The minimum Gasteiger partial charge on any atom is -0.382 e. The topological polar surface area (TPSA) is 120 Å². The van der Waals surface area contributed by atoms with E-state index in [1.54, 1.807) is 64.0 Å². The molecule has 0 amide bonds. The van der Waals surface area contributed by atoms with Crippen LogP contribution < -0.4 is 0 Å². The van der Waals surface area contributed by atoms with Gasteiger partial charge in [-0.1, -0.05) is 0 Å². The highest BCUT2D eigenvalue weighted by Crippen LogP contribution is 2.34.